The third-order valence-electron chi connectivity index (χ3n) is 4.04. The van der Waals surface area contributed by atoms with Gasteiger partial charge in [0.2, 0.25) is 5.82 Å². The summed E-state index contributed by atoms with van der Waals surface area (Å²) in [6, 6.07) is 10.3. The quantitative estimate of drug-likeness (QED) is 0.684. The van der Waals surface area contributed by atoms with Gasteiger partial charge in [0, 0.05) is 18.3 Å². The van der Waals surface area contributed by atoms with Crippen LogP contribution >= 0.6 is 0 Å². The predicted molar refractivity (Wildman–Crippen MR) is 105 cm³/mol. The Labute approximate surface area is 162 Å². The van der Waals surface area contributed by atoms with Crippen LogP contribution in [0.3, 0.4) is 0 Å². The number of ether oxygens (including phenoxy) is 2. The van der Waals surface area contributed by atoms with E-state index >= 15 is 0 Å². The Morgan fingerprint density at radius 1 is 1.07 bits per heavy atom. The lowest BCUT2D eigenvalue weighted by Gasteiger charge is -2.11. The number of nitrogens with one attached hydrogen (secondary N) is 2. The van der Waals surface area contributed by atoms with Crippen LogP contribution in [0.5, 0.6) is 11.5 Å². The summed E-state index contributed by atoms with van der Waals surface area (Å²) in [6.45, 7) is 3.72. The SMILES string of the molecule is COc1ccc(OC)c(NC(=O)c2nc(C(=O)NC(C)C)c3ccccn23)c1. The molecule has 0 aliphatic heterocycles. The predicted octanol–water partition coefficient (Wildman–Crippen LogP) is 2.74. The fourth-order valence-electron chi connectivity index (χ4n) is 2.79. The molecule has 1 aromatic carbocycles. The minimum Gasteiger partial charge on any atom is -0.497 e. The molecule has 8 nitrogen and oxygen atoms in total. The zero-order valence-corrected chi connectivity index (χ0v) is 16.1. The van der Waals surface area contributed by atoms with Gasteiger partial charge in [0.05, 0.1) is 25.4 Å². The Hall–Kier alpha value is -3.55. The lowest BCUT2D eigenvalue weighted by molar-refractivity contribution is 0.0940. The summed E-state index contributed by atoms with van der Waals surface area (Å²) in [7, 11) is 3.05. The Bertz CT molecular complexity index is 1030. The average Bonchev–Trinajstić information content (AvgIpc) is 3.07. The van der Waals surface area contributed by atoms with Crippen molar-refractivity contribution >= 4 is 23.0 Å². The summed E-state index contributed by atoms with van der Waals surface area (Å²) < 4.78 is 12.1. The molecule has 3 rings (SSSR count). The van der Waals surface area contributed by atoms with Gasteiger partial charge in [-0.1, -0.05) is 6.07 Å². The number of imidazole rings is 1. The molecule has 0 aliphatic rings. The van der Waals surface area contributed by atoms with Gasteiger partial charge in [0.15, 0.2) is 5.69 Å². The van der Waals surface area contributed by atoms with E-state index in [4.69, 9.17) is 9.47 Å². The molecule has 146 valence electrons. The normalized spacial score (nSPS) is 10.8. The van der Waals surface area contributed by atoms with Crippen LogP contribution in [0.2, 0.25) is 0 Å². The number of fused-ring (bicyclic) bond motifs is 1. The lowest BCUT2D eigenvalue weighted by atomic mass is 10.2. The van der Waals surface area contributed by atoms with Gasteiger partial charge in [-0.3, -0.25) is 14.0 Å². The van der Waals surface area contributed by atoms with Crippen molar-refractivity contribution in [3.05, 3.63) is 54.1 Å². The second-order valence-electron chi connectivity index (χ2n) is 6.39. The van der Waals surface area contributed by atoms with Crippen LogP contribution in [0, 0.1) is 0 Å². The summed E-state index contributed by atoms with van der Waals surface area (Å²) >= 11 is 0. The third-order valence-corrected chi connectivity index (χ3v) is 4.04. The van der Waals surface area contributed by atoms with E-state index < -0.39 is 5.91 Å². The number of aromatic nitrogens is 2. The minimum absolute atomic E-state index is 0.0497. The van der Waals surface area contributed by atoms with Gasteiger partial charge in [-0.25, -0.2) is 4.98 Å². The van der Waals surface area contributed by atoms with E-state index in [1.807, 2.05) is 13.8 Å². The number of carbonyl (C=O) groups excluding carboxylic acids is 2. The maximum atomic E-state index is 12.9. The van der Waals surface area contributed by atoms with Gasteiger partial charge < -0.3 is 20.1 Å². The molecule has 2 aromatic heterocycles. The van der Waals surface area contributed by atoms with Crippen LogP contribution in [0.1, 0.15) is 35.0 Å². The number of methoxy groups -OCH3 is 2. The smallest absolute Gasteiger partial charge is 0.292 e. The number of rotatable bonds is 6. The Kier molecular flexibility index (Phi) is 5.49. The highest BCUT2D eigenvalue weighted by atomic mass is 16.5. The molecule has 0 radical (unpaired) electrons. The van der Waals surface area contributed by atoms with Crippen molar-refractivity contribution < 1.29 is 19.1 Å². The first-order valence-electron chi connectivity index (χ1n) is 8.76. The lowest BCUT2D eigenvalue weighted by Crippen LogP contribution is -2.30. The van der Waals surface area contributed by atoms with Crippen LogP contribution in [0.25, 0.3) is 5.52 Å². The van der Waals surface area contributed by atoms with Crippen molar-refractivity contribution in [3.63, 3.8) is 0 Å². The average molecular weight is 382 g/mol. The number of nitrogens with zero attached hydrogens (tertiary/aromatic N) is 2. The highest BCUT2D eigenvalue weighted by molar-refractivity contribution is 6.06. The molecule has 0 atom stereocenters. The van der Waals surface area contributed by atoms with E-state index in [0.29, 0.717) is 22.7 Å². The molecule has 0 bridgehead atoms. The highest BCUT2D eigenvalue weighted by Gasteiger charge is 2.22. The first kappa shape index (κ1) is 19.2. The first-order chi connectivity index (χ1) is 13.4. The van der Waals surface area contributed by atoms with Crippen molar-refractivity contribution in [3.8, 4) is 11.5 Å². The van der Waals surface area contributed by atoms with E-state index in [-0.39, 0.29) is 23.5 Å². The molecule has 28 heavy (non-hydrogen) atoms. The summed E-state index contributed by atoms with van der Waals surface area (Å²) in [5, 5.41) is 5.58. The maximum Gasteiger partial charge on any atom is 0.292 e. The van der Waals surface area contributed by atoms with E-state index in [2.05, 4.69) is 15.6 Å². The highest BCUT2D eigenvalue weighted by Crippen LogP contribution is 2.29. The number of benzene rings is 1. The molecule has 2 heterocycles. The minimum atomic E-state index is -0.476. The molecule has 2 amide bonds. The summed E-state index contributed by atoms with van der Waals surface area (Å²) in [6.07, 6.45) is 1.69. The second-order valence-corrected chi connectivity index (χ2v) is 6.39. The molecular weight excluding hydrogens is 360 g/mol. The molecular formula is C20H22N4O4. The number of hydrogen-bond acceptors (Lipinski definition) is 5. The van der Waals surface area contributed by atoms with E-state index in [1.165, 1.54) is 14.2 Å². The molecule has 0 fully saturated rings. The number of carbonyl (C=O) groups is 2. The number of hydrogen-bond donors (Lipinski definition) is 2. The molecule has 2 N–H and O–H groups in total. The molecule has 0 aliphatic carbocycles. The number of anilines is 1. The van der Waals surface area contributed by atoms with Crippen molar-refractivity contribution in [2.75, 3.05) is 19.5 Å². The van der Waals surface area contributed by atoms with Crippen molar-refractivity contribution in [2.45, 2.75) is 19.9 Å². The van der Waals surface area contributed by atoms with Crippen molar-refractivity contribution in [1.29, 1.82) is 0 Å². The monoisotopic (exact) mass is 382 g/mol. The zero-order valence-electron chi connectivity index (χ0n) is 16.1. The first-order valence-corrected chi connectivity index (χ1v) is 8.76. The Balaban J connectivity index is 2.00. The third kappa shape index (κ3) is 3.75. The summed E-state index contributed by atoms with van der Waals surface area (Å²) in [5.41, 5.74) is 1.17. The van der Waals surface area contributed by atoms with Crippen LogP contribution in [-0.4, -0.2) is 41.5 Å². The molecule has 8 heteroatoms. The van der Waals surface area contributed by atoms with Crippen LogP contribution in [0.15, 0.2) is 42.6 Å². The fourth-order valence-corrected chi connectivity index (χ4v) is 2.79. The molecule has 0 saturated carbocycles. The number of amides is 2. The van der Waals surface area contributed by atoms with Gasteiger partial charge in [0.25, 0.3) is 11.8 Å². The van der Waals surface area contributed by atoms with E-state index in [0.717, 1.165) is 0 Å². The van der Waals surface area contributed by atoms with Crippen LogP contribution in [0.4, 0.5) is 5.69 Å². The van der Waals surface area contributed by atoms with Gasteiger partial charge in [-0.05, 0) is 38.1 Å². The van der Waals surface area contributed by atoms with Crippen LogP contribution < -0.4 is 20.1 Å². The maximum absolute atomic E-state index is 12.9. The van der Waals surface area contributed by atoms with Gasteiger partial charge >= 0.3 is 0 Å². The fraction of sp³-hybridized carbons (Fsp3) is 0.250. The van der Waals surface area contributed by atoms with Crippen molar-refractivity contribution in [2.24, 2.45) is 0 Å². The Morgan fingerprint density at radius 2 is 1.86 bits per heavy atom. The molecule has 0 unspecified atom stereocenters. The van der Waals surface area contributed by atoms with Crippen LogP contribution in [-0.2, 0) is 0 Å². The Morgan fingerprint density at radius 3 is 2.54 bits per heavy atom. The largest absolute Gasteiger partial charge is 0.497 e. The standard InChI is InChI=1S/C20H22N4O4/c1-12(2)21-19(25)17-15-7-5-6-10-24(15)18(23-17)20(26)22-14-11-13(27-3)8-9-16(14)28-4/h5-12H,1-4H3,(H,21,25)(H,22,26). The van der Waals surface area contributed by atoms with Gasteiger partial charge in [-0.2, -0.15) is 0 Å². The molecule has 3 aromatic rings. The van der Waals surface area contributed by atoms with Crippen molar-refractivity contribution in [1.82, 2.24) is 14.7 Å². The zero-order chi connectivity index (χ0) is 20.3. The summed E-state index contributed by atoms with van der Waals surface area (Å²) in [5.74, 6) is 0.330. The van der Waals surface area contributed by atoms with Gasteiger partial charge in [0.1, 0.15) is 11.5 Å². The molecule has 0 spiro atoms. The van der Waals surface area contributed by atoms with E-state index in [9.17, 15) is 9.59 Å². The van der Waals surface area contributed by atoms with Gasteiger partial charge in [-0.15, -0.1) is 0 Å². The summed E-state index contributed by atoms with van der Waals surface area (Å²) in [4.78, 5) is 29.7. The van der Waals surface area contributed by atoms with E-state index in [1.54, 1.807) is 47.0 Å². The molecule has 0 saturated heterocycles. The number of pyridine rings is 1. The second kappa shape index (κ2) is 7.99. The topological polar surface area (TPSA) is 94.0 Å².